The Hall–Kier alpha value is -1.75. The number of aliphatic hydroxyl groups is 1. The second-order valence-electron chi connectivity index (χ2n) is 4.15. The summed E-state index contributed by atoms with van der Waals surface area (Å²) in [5.74, 6) is 0.782. The van der Waals surface area contributed by atoms with E-state index >= 15 is 0 Å². The SMILES string of the molecule is C[C@@H](NC(=O)O)[C@@H](O)c1ccc2c(c1)OCC2. The molecule has 0 saturated heterocycles. The third-order valence-corrected chi connectivity index (χ3v) is 2.89. The van der Waals surface area contributed by atoms with Crippen LogP contribution in [0.1, 0.15) is 24.2 Å². The minimum absolute atomic E-state index is 0.563. The summed E-state index contributed by atoms with van der Waals surface area (Å²) in [6.07, 6.45) is -1.14. The van der Waals surface area contributed by atoms with Gasteiger partial charge in [0.1, 0.15) is 5.75 Å². The second-order valence-corrected chi connectivity index (χ2v) is 4.15. The molecular formula is C12H15NO4. The molecule has 0 unspecified atom stereocenters. The zero-order valence-electron chi connectivity index (χ0n) is 9.51. The number of hydrogen-bond acceptors (Lipinski definition) is 3. The summed E-state index contributed by atoms with van der Waals surface area (Å²) >= 11 is 0. The fourth-order valence-corrected chi connectivity index (χ4v) is 1.93. The molecule has 92 valence electrons. The molecule has 3 N–H and O–H groups in total. The average molecular weight is 237 g/mol. The third-order valence-electron chi connectivity index (χ3n) is 2.89. The standard InChI is InChI=1S/C12H15NO4/c1-7(13-12(15)16)11(14)9-3-2-8-4-5-17-10(8)6-9/h2-3,6-7,11,13-14H,4-5H2,1H3,(H,15,16)/t7-,11-/m1/s1. The zero-order chi connectivity index (χ0) is 12.4. The molecule has 0 bridgehead atoms. The monoisotopic (exact) mass is 237 g/mol. The number of hydrogen-bond donors (Lipinski definition) is 3. The lowest BCUT2D eigenvalue weighted by Gasteiger charge is -2.19. The van der Waals surface area contributed by atoms with Crippen LogP contribution in [0.3, 0.4) is 0 Å². The van der Waals surface area contributed by atoms with Gasteiger partial charge in [0.15, 0.2) is 0 Å². The molecule has 1 aromatic carbocycles. The van der Waals surface area contributed by atoms with E-state index in [2.05, 4.69) is 5.32 Å². The van der Waals surface area contributed by atoms with Crippen LogP contribution >= 0.6 is 0 Å². The highest BCUT2D eigenvalue weighted by Crippen LogP contribution is 2.29. The molecule has 2 atom stereocenters. The van der Waals surface area contributed by atoms with Crippen LogP contribution in [0, 0.1) is 0 Å². The molecule has 0 fully saturated rings. The largest absolute Gasteiger partial charge is 0.493 e. The smallest absolute Gasteiger partial charge is 0.404 e. The molecule has 1 aromatic rings. The summed E-state index contributed by atoms with van der Waals surface area (Å²) in [6.45, 7) is 2.28. The topological polar surface area (TPSA) is 78.8 Å². The average Bonchev–Trinajstić information content (AvgIpc) is 2.73. The number of aliphatic hydroxyl groups excluding tert-OH is 1. The van der Waals surface area contributed by atoms with Crippen molar-refractivity contribution in [2.24, 2.45) is 0 Å². The number of benzene rings is 1. The lowest BCUT2D eigenvalue weighted by atomic mass is 10.0. The molecule has 0 spiro atoms. The molecular weight excluding hydrogens is 222 g/mol. The molecule has 2 rings (SSSR count). The Morgan fingerprint density at radius 3 is 3.00 bits per heavy atom. The van der Waals surface area contributed by atoms with Gasteiger partial charge >= 0.3 is 6.09 Å². The Morgan fingerprint density at radius 2 is 2.29 bits per heavy atom. The van der Waals surface area contributed by atoms with Crippen molar-refractivity contribution < 1.29 is 19.7 Å². The van der Waals surface area contributed by atoms with Crippen molar-refractivity contribution in [2.45, 2.75) is 25.5 Å². The second kappa shape index (κ2) is 4.63. The van der Waals surface area contributed by atoms with Gasteiger partial charge in [-0.15, -0.1) is 0 Å². The molecule has 0 aromatic heterocycles. The normalized spacial score (nSPS) is 16.8. The van der Waals surface area contributed by atoms with Gasteiger partial charge in [0.05, 0.1) is 18.8 Å². The quantitative estimate of drug-likeness (QED) is 0.740. The Bertz CT molecular complexity index is 433. The zero-order valence-corrected chi connectivity index (χ0v) is 9.51. The van der Waals surface area contributed by atoms with Crippen LogP contribution in [0.15, 0.2) is 18.2 Å². The first-order valence-corrected chi connectivity index (χ1v) is 5.51. The minimum Gasteiger partial charge on any atom is -0.493 e. The van der Waals surface area contributed by atoms with Gasteiger partial charge in [0.2, 0.25) is 0 Å². The molecule has 0 aliphatic carbocycles. The van der Waals surface area contributed by atoms with Gasteiger partial charge in [-0.2, -0.15) is 0 Å². The van der Waals surface area contributed by atoms with Gasteiger partial charge < -0.3 is 20.3 Å². The number of ether oxygens (including phenoxy) is 1. The molecule has 1 aliphatic heterocycles. The van der Waals surface area contributed by atoms with Crippen molar-refractivity contribution in [3.05, 3.63) is 29.3 Å². The highest BCUT2D eigenvalue weighted by Gasteiger charge is 2.20. The molecule has 1 amide bonds. The van der Waals surface area contributed by atoms with Crippen molar-refractivity contribution >= 4 is 6.09 Å². The maximum Gasteiger partial charge on any atom is 0.404 e. The van der Waals surface area contributed by atoms with Gasteiger partial charge in [0, 0.05) is 6.42 Å². The molecule has 1 heterocycles. The van der Waals surface area contributed by atoms with Crippen molar-refractivity contribution in [3.8, 4) is 5.75 Å². The number of carbonyl (C=O) groups is 1. The first kappa shape index (κ1) is 11.7. The fraction of sp³-hybridized carbons (Fsp3) is 0.417. The molecule has 1 aliphatic rings. The maximum atomic E-state index is 10.5. The van der Waals surface area contributed by atoms with Gasteiger partial charge in [-0.3, -0.25) is 0 Å². The number of amides is 1. The lowest BCUT2D eigenvalue weighted by molar-refractivity contribution is 0.127. The van der Waals surface area contributed by atoms with Crippen molar-refractivity contribution in [1.29, 1.82) is 0 Å². The van der Waals surface area contributed by atoms with Gasteiger partial charge in [-0.05, 0) is 24.1 Å². The van der Waals surface area contributed by atoms with E-state index in [1.54, 1.807) is 19.1 Å². The van der Waals surface area contributed by atoms with E-state index in [4.69, 9.17) is 9.84 Å². The summed E-state index contributed by atoms with van der Waals surface area (Å²) in [4.78, 5) is 10.5. The van der Waals surface area contributed by atoms with Crippen molar-refractivity contribution in [2.75, 3.05) is 6.61 Å². The third kappa shape index (κ3) is 2.50. The summed E-state index contributed by atoms with van der Waals surface area (Å²) in [5.41, 5.74) is 1.78. The highest BCUT2D eigenvalue weighted by molar-refractivity contribution is 5.64. The van der Waals surface area contributed by atoms with Gasteiger partial charge in [-0.1, -0.05) is 12.1 Å². The predicted octanol–water partition coefficient (Wildman–Crippen LogP) is 1.31. The van der Waals surface area contributed by atoms with Crippen molar-refractivity contribution in [3.63, 3.8) is 0 Å². The van der Waals surface area contributed by atoms with Crippen LogP contribution in [-0.4, -0.2) is 29.0 Å². The van der Waals surface area contributed by atoms with E-state index in [0.717, 1.165) is 17.7 Å². The number of carboxylic acid groups (broad SMARTS) is 1. The van der Waals surface area contributed by atoms with E-state index in [-0.39, 0.29) is 0 Å². The highest BCUT2D eigenvalue weighted by atomic mass is 16.5. The summed E-state index contributed by atoms with van der Waals surface area (Å²) < 4.78 is 5.40. The number of rotatable bonds is 3. The van der Waals surface area contributed by atoms with Gasteiger partial charge in [-0.25, -0.2) is 4.79 Å². The number of fused-ring (bicyclic) bond motifs is 1. The van der Waals surface area contributed by atoms with E-state index < -0.39 is 18.2 Å². The molecule has 5 heteroatoms. The van der Waals surface area contributed by atoms with E-state index in [9.17, 15) is 9.90 Å². The Labute approximate surface area is 99.0 Å². The fourth-order valence-electron chi connectivity index (χ4n) is 1.93. The summed E-state index contributed by atoms with van der Waals surface area (Å²) in [6, 6.07) is 4.92. The summed E-state index contributed by atoms with van der Waals surface area (Å²) in [5, 5.41) is 20.8. The molecule has 17 heavy (non-hydrogen) atoms. The first-order chi connectivity index (χ1) is 8.08. The first-order valence-electron chi connectivity index (χ1n) is 5.51. The van der Waals surface area contributed by atoms with E-state index in [1.165, 1.54) is 0 Å². The Morgan fingerprint density at radius 1 is 1.53 bits per heavy atom. The van der Waals surface area contributed by atoms with Crippen LogP contribution in [0.2, 0.25) is 0 Å². The lowest BCUT2D eigenvalue weighted by Crippen LogP contribution is -2.35. The molecule has 5 nitrogen and oxygen atoms in total. The van der Waals surface area contributed by atoms with Crippen LogP contribution in [0.4, 0.5) is 4.79 Å². The Balaban J connectivity index is 2.14. The van der Waals surface area contributed by atoms with Gasteiger partial charge in [0.25, 0.3) is 0 Å². The minimum atomic E-state index is -1.14. The number of nitrogens with one attached hydrogen (secondary N) is 1. The summed E-state index contributed by atoms with van der Waals surface area (Å²) in [7, 11) is 0. The predicted molar refractivity (Wildman–Crippen MR) is 61.2 cm³/mol. The van der Waals surface area contributed by atoms with E-state index in [1.807, 2.05) is 6.07 Å². The van der Waals surface area contributed by atoms with Crippen molar-refractivity contribution in [1.82, 2.24) is 5.32 Å². The molecule has 0 saturated carbocycles. The molecule has 0 radical (unpaired) electrons. The van der Waals surface area contributed by atoms with E-state index in [0.29, 0.717) is 12.2 Å². The van der Waals surface area contributed by atoms with Crippen LogP contribution in [0.5, 0.6) is 5.75 Å². The van der Waals surface area contributed by atoms with Crippen LogP contribution in [0.25, 0.3) is 0 Å². The Kier molecular flexibility index (Phi) is 3.19. The van der Waals surface area contributed by atoms with Crippen LogP contribution in [-0.2, 0) is 6.42 Å². The van der Waals surface area contributed by atoms with Crippen LogP contribution < -0.4 is 10.1 Å². The maximum absolute atomic E-state index is 10.5.